The van der Waals surface area contributed by atoms with E-state index in [-0.39, 0.29) is 12.1 Å². The van der Waals surface area contributed by atoms with Crippen LogP contribution >= 0.6 is 0 Å². The largest absolute Gasteiger partial charge is 0.444 e. The van der Waals surface area contributed by atoms with E-state index in [2.05, 4.69) is 15.3 Å². The highest BCUT2D eigenvalue weighted by Crippen LogP contribution is 2.30. The Labute approximate surface area is 138 Å². The second-order valence-corrected chi connectivity index (χ2v) is 6.84. The van der Waals surface area contributed by atoms with Gasteiger partial charge < -0.3 is 15.0 Å². The molecule has 1 fully saturated rings. The van der Waals surface area contributed by atoms with Crippen LogP contribution in [0.4, 0.5) is 23.8 Å². The number of nitrogens with zero attached hydrogens (tertiary/aromatic N) is 3. The lowest BCUT2D eigenvalue weighted by molar-refractivity contribution is -0.141. The predicted octanol–water partition coefficient (Wildman–Crippen LogP) is 2.99. The first-order valence-electron chi connectivity index (χ1n) is 7.57. The quantitative estimate of drug-likeness (QED) is 0.911. The Morgan fingerprint density at radius 2 is 1.88 bits per heavy atom. The number of carbonyl (C=O) groups is 1. The van der Waals surface area contributed by atoms with E-state index in [0.717, 1.165) is 12.4 Å². The average molecular weight is 346 g/mol. The van der Waals surface area contributed by atoms with Crippen molar-refractivity contribution in [2.24, 2.45) is 0 Å². The first-order valence-corrected chi connectivity index (χ1v) is 7.57. The number of amides is 1. The number of hydrogen-bond acceptors (Lipinski definition) is 5. The summed E-state index contributed by atoms with van der Waals surface area (Å²) in [5.74, 6) is 0.365. The van der Waals surface area contributed by atoms with Gasteiger partial charge in [0.2, 0.25) is 0 Å². The molecule has 1 amide bonds. The molecule has 0 bridgehead atoms. The van der Waals surface area contributed by atoms with Crippen molar-refractivity contribution in [2.45, 2.75) is 57.5 Å². The van der Waals surface area contributed by atoms with Crippen molar-refractivity contribution in [1.82, 2.24) is 15.3 Å². The Morgan fingerprint density at radius 1 is 1.25 bits per heavy atom. The summed E-state index contributed by atoms with van der Waals surface area (Å²) in [5.41, 5.74) is -1.57. The van der Waals surface area contributed by atoms with Crippen LogP contribution < -0.4 is 10.2 Å². The fourth-order valence-corrected chi connectivity index (χ4v) is 2.33. The van der Waals surface area contributed by atoms with Gasteiger partial charge in [0.05, 0.1) is 12.4 Å². The van der Waals surface area contributed by atoms with E-state index in [1.807, 2.05) is 0 Å². The van der Waals surface area contributed by atoms with Crippen LogP contribution in [-0.2, 0) is 10.9 Å². The summed E-state index contributed by atoms with van der Waals surface area (Å²) in [5, 5.41) is 2.77. The molecule has 6 nitrogen and oxygen atoms in total. The van der Waals surface area contributed by atoms with Crippen LogP contribution in [0.25, 0.3) is 0 Å². The fourth-order valence-electron chi connectivity index (χ4n) is 2.33. The minimum absolute atomic E-state index is 0.0188. The van der Waals surface area contributed by atoms with Crippen LogP contribution in [0.5, 0.6) is 0 Å². The van der Waals surface area contributed by atoms with Crippen molar-refractivity contribution >= 4 is 11.9 Å². The van der Waals surface area contributed by atoms with E-state index in [1.54, 1.807) is 32.7 Å². The highest BCUT2D eigenvalue weighted by Gasteiger charge is 2.36. The van der Waals surface area contributed by atoms with Crippen molar-refractivity contribution in [1.29, 1.82) is 0 Å². The number of alkyl carbamates (subject to hydrolysis) is 1. The topological polar surface area (TPSA) is 67.4 Å². The lowest BCUT2D eigenvalue weighted by Gasteiger charge is -2.41. The van der Waals surface area contributed by atoms with Crippen molar-refractivity contribution in [3.05, 3.63) is 18.1 Å². The molecule has 1 N–H and O–H groups in total. The molecule has 1 saturated carbocycles. The zero-order chi connectivity index (χ0) is 18.1. The van der Waals surface area contributed by atoms with Crippen LogP contribution in [0.15, 0.2) is 12.4 Å². The van der Waals surface area contributed by atoms with Gasteiger partial charge >= 0.3 is 12.3 Å². The van der Waals surface area contributed by atoms with Gasteiger partial charge in [-0.15, -0.1) is 0 Å². The molecule has 1 heterocycles. The number of alkyl halides is 3. The lowest BCUT2D eigenvalue weighted by atomic mass is 9.86. The summed E-state index contributed by atoms with van der Waals surface area (Å²) >= 11 is 0. The Bertz CT molecular complexity index is 578. The van der Waals surface area contributed by atoms with E-state index >= 15 is 0 Å². The summed E-state index contributed by atoms with van der Waals surface area (Å²) in [6.07, 6.45) is -1.80. The number of rotatable bonds is 3. The number of ether oxygens (including phenoxy) is 1. The first kappa shape index (κ1) is 18.3. The number of aromatic nitrogens is 2. The predicted molar refractivity (Wildman–Crippen MR) is 81.6 cm³/mol. The zero-order valence-corrected chi connectivity index (χ0v) is 14.0. The second kappa shape index (κ2) is 6.45. The molecule has 134 valence electrons. The smallest absolute Gasteiger partial charge is 0.434 e. The maximum absolute atomic E-state index is 12.5. The molecular weight excluding hydrogens is 325 g/mol. The Kier molecular flexibility index (Phi) is 4.91. The molecule has 1 aromatic heterocycles. The first-order chi connectivity index (χ1) is 11.0. The maximum atomic E-state index is 12.5. The number of carbonyl (C=O) groups excluding carboxylic acids is 1. The van der Waals surface area contributed by atoms with Gasteiger partial charge in [-0.25, -0.2) is 14.8 Å². The van der Waals surface area contributed by atoms with Crippen LogP contribution in [0.1, 0.15) is 39.3 Å². The Hall–Kier alpha value is -2.06. The zero-order valence-electron chi connectivity index (χ0n) is 14.0. The van der Waals surface area contributed by atoms with Gasteiger partial charge in [-0.2, -0.15) is 13.2 Å². The highest BCUT2D eigenvalue weighted by molar-refractivity contribution is 5.68. The van der Waals surface area contributed by atoms with Gasteiger partial charge in [0, 0.05) is 19.1 Å². The fraction of sp³-hybridized carbons (Fsp3) is 0.667. The third kappa shape index (κ3) is 4.72. The second-order valence-electron chi connectivity index (χ2n) is 6.84. The Morgan fingerprint density at radius 3 is 2.33 bits per heavy atom. The normalized spacial score (nSPS) is 21.0. The Balaban J connectivity index is 1.84. The number of hydrogen-bond donors (Lipinski definition) is 1. The van der Waals surface area contributed by atoms with Crippen LogP contribution in [0, 0.1) is 0 Å². The van der Waals surface area contributed by atoms with E-state index in [4.69, 9.17) is 4.74 Å². The molecule has 0 unspecified atom stereocenters. The summed E-state index contributed by atoms with van der Waals surface area (Å²) in [6.45, 7) is 5.35. The summed E-state index contributed by atoms with van der Waals surface area (Å²) in [6, 6.07) is 0.0608. The molecule has 9 heteroatoms. The van der Waals surface area contributed by atoms with Gasteiger partial charge in [0.15, 0.2) is 5.69 Å². The SMILES string of the molecule is CN(c1cnc(C(F)(F)F)cn1)[C@H]1C[C@@H](NC(=O)OC(C)(C)C)C1. The van der Waals surface area contributed by atoms with Crippen LogP contribution in [0.2, 0.25) is 0 Å². The molecule has 0 aromatic carbocycles. The third-order valence-electron chi connectivity index (χ3n) is 3.67. The molecule has 1 aromatic rings. The van der Waals surface area contributed by atoms with Crippen LogP contribution in [0.3, 0.4) is 0 Å². The summed E-state index contributed by atoms with van der Waals surface area (Å²) in [4.78, 5) is 20.6. The highest BCUT2D eigenvalue weighted by atomic mass is 19.4. The third-order valence-corrected chi connectivity index (χ3v) is 3.67. The van der Waals surface area contributed by atoms with Crippen molar-refractivity contribution in [3.8, 4) is 0 Å². The number of nitrogens with one attached hydrogen (secondary N) is 1. The minimum atomic E-state index is -4.50. The molecule has 0 saturated heterocycles. The molecule has 0 aliphatic heterocycles. The van der Waals surface area contributed by atoms with Gasteiger partial charge in [-0.05, 0) is 33.6 Å². The van der Waals surface area contributed by atoms with Gasteiger partial charge in [-0.1, -0.05) is 0 Å². The van der Waals surface area contributed by atoms with Gasteiger partial charge in [0.25, 0.3) is 0 Å². The molecule has 0 spiro atoms. The number of halogens is 3. The van der Waals surface area contributed by atoms with Crippen LogP contribution in [-0.4, -0.2) is 40.8 Å². The molecule has 24 heavy (non-hydrogen) atoms. The molecule has 0 atom stereocenters. The molecule has 1 aliphatic carbocycles. The standard InChI is InChI=1S/C15H21F3N4O2/c1-14(2,3)24-13(23)21-9-5-10(6-9)22(4)12-8-19-11(7-20-12)15(16,17)18/h7-10H,5-6H2,1-4H3,(H,21,23)/t9-,10+. The molecule has 2 rings (SSSR count). The maximum Gasteiger partial charge on any atom is 0.434 e. The molecule has 0 radical (unpaired) electrons. The van der Waals surface area contributed by atoms with Gasteiger partial charge in [-0.3, -0.25) is 0 Å². The van der Waals surface area contributed by atoms with Crippen molar-refractivity contribution in [3.63, 3.8) is 0 Å². The molecular formula is C15H21F3N4O2. The monoisotopic (exact) mass is 346 g/mol. The average Bonchev–Trinajstić information content (AvgIpc) is 2.39. The van der Waals surface area contributed by atoms with E-state index < -0.39 is 23.6 Å². The minimum Gasteiger partial charge on any atom is -0.444 e. The van der Waals surface area contributed by atoms with E-state index in [1.165, 1.54) is 0 Å². The number of anilines is 1. The summed E-state index contributed by atoms with van der Waals surface area (Å²) in [7, 11) is 1.74. The van der Waals surface area contributed by atoms with Crippen molar-refractivity contribution in [2.75, 3.05) is 11.9 Å². The lowest BCUT2D eigenvalue weighted by Crippen LogP contribution is -2.53. The van der Waals surface area contributed by atoms with E-state index in [0.29, 0.717) is 18.7 Å². The molecule has 1 aliphatic rings. The van der Waals surface area contributed by atoms with Crippen molar-refractivity contribution < 1.29 is 22.7 Å². The van der Waals surface area contributed by atoms with Gasteiger partial charge in [0.1, 0.15) is 11.4 Å². The van der Waals surface area contributed by atoms with E-state index in [9.17, 15) is 18.0 Å². The summed E-state index contributed by atoms with van der Waals surface area (Å²) < 4.78 is 42.6.